The van der Waals surface area contributed by atoms with Crippen LogP contribution in [0.5, 0.6) is 0 Å². The van der Waals surface area contributed by atoms with Gasteiger partial charge in [-0.1, -0.05) is 15.9 Å². The number of hydrogen-bond acceptors (Lipinski definition) is 4. The van der Waals surface area contributed by atoms with Crippen LogP contribution in [-0.4, -0.2) is 16.0 Å². The zero-order valence-electron chi connectivity index (χ0n) is 12.6. The number of hydrogen-bond donors (Lipinski definition) is 2. The Balaban J connectivity index is 1.62. The first-order valence-corrected chi connectivity index (χ1v) is 8.65. The predicted octanol–water partition coefficient (Wildman–Crippen LogP) is 4.74. The minimum Gasteiger partial charge on any atom is -0.351 e. The summed E-state index contributed by atoms with van der Waals surface area (Å²) in [5.41, 5.74) is 3.44. The van der Waals surface area contributed by atoms with Gasteiger partial charge in [-0.15, -0.1) is 0 Å². The molecule has 2 aromatic rings. The molecule has 0 amide bonds. The fourth-order valence-corrected chi connectivity index (χ4v) is 2.97. The van der Waals surface area contributed by atoms with Crippen LogP contribution >= 0.6 is 15.9 Å². The summed E-state index contributed by atoms with van der Waals surface area (Å²) < 4.78 is 1.09. The SMILES string of the molecule is Cc1cc(Br)ccc1Nc1cc(C2CC2)nc(NC2CC2)n1. The summed E-state index contributed by atoms with van der Waals surface area (Å²) in [4.78, 5) is 9.32. The number of halogens is 1. The quantitative estimate of drug-likeness (QED) is 0.809. The number of aryl methyl sites for hydroxylation is 1. The molecule has 1 aromatic carbocycles. The maximum Gasteiger partial charge on any atom is 0.225 e. The molecule has 0 spiro atoms. The molecular formula is C17H19BrN4. The summed E-state index contributed by atoms with van der Waals surface area (Å²) in [6.07, 6.45) is 4.95. The Morgan fingerprint density at radius 2 is 1.91 bits per heavy atom. The highest BCUT2D eigenvalue weighted by Gasteiger charge is 2.27. The van der Waals surface area contributed by atoms with Gasteiger partial charge in [0.15, 0.2) is 0 Å². The van der Waals surface area contributed by atoms with Crippen LogP contribution in [-0.2, 0) is 0 Å². The first kappa shape index (κ1) is 14.0. The molecule has 1 aromatic heterocycles. The zero-order chi connectivity index (χ0) is 15.1. The van der Waals surface area contributed by atoms with Crippen molar-refractivity contribution in [1.29, 1.82) is 0 Å². The Bertz CT molecular complexity index is 708. The maximum absolute atomic E-state index is 4.68. The highest BCUT2D eigenvalue weighted by atomic mass is 79.9. The van der Waals surface area contributed by atoms with E-state index in [1.807, 2.05) is 6.07 Å². The zero-order valence-corrected chi connectivity index (χ0v) is 14.2. The maximum atomic E-state index is 4.68. The minimum atomic E-state index is 0.566. The van der Waals surface area contributed by atoms with Crippen molar-refractivity contribution in [3.63, 3.8) is 0 Å². The van der Waals surface area contributed by atoms with E-state index < -0.39 is 0 Å². The van der Waals surface area contributed by atoms with Crippen LogP contribution in [0.15, 0.2) is 28.7 Å². The van der Waals surface area contributed by atoms with Crippen molar-refractivity contribution in [2.75, 3.05) is 10.6 Å². The van der Waals surface area contributed by atoms with Crippen LogP contribution < -0.4 is 10.6 Å². The Kier molecular flexibility index (Phi) is 3.53. The minimum absolute atomic E-state index is 0.566. The lowest BCUT2D eigenvalue weighted by molar-refractivity contribution is 0.968. The monoisotopic (exact) mass is 358 g/mol. The third kappa shape index (κ3) is 3.24. The summed E-state index contributed by atoms with van der Waals surface area (Å²) in [7, 11) is 0. The molecule has 22 heavy (non-hydrogen) atoms. The number of nitrogens with one attached hydrogen (secondary N) is 2. The molecule has 2 fully saturated rings. The fraction of sp³-hybridized carbons (Fsp3) is 0.412. The standard InChI is InChI=1S/C17H19BrN4/c1-10-8-12(18)4-7-14(10)20-16-9-15(11-2-3-11)21-17(22-16)19-13-5-6-13/h4,7-9,11,13H,2-3,5-6H2,1H3,(H2,19,20,21,22). The van der Waals surface area contributed by atoms with Gasteiger partial charge < -0.3 is 10.6 Å². The van der Waals surface area contributed by atoms with E-state index in [2.05, 4.69) is 61.7 Å². The van der Waals surface area contributed by atoms with Crippen molar-refractivity contribution in [2.45, 2.75) is 44.6 Å². The number of rotatable bonds is 5. The molecule has 0 atom stereocenters. The third-order valence-electron chi connectivity index (χ3n) is 4.10. The van der Waals surface area contributed by atoms with Gasteiger partial charge in [-0.3, -0.25) is 0 Å². The largest absolute Gasteiger partial charge is 0.351 e. The second kappa shape index (κ2) is 5.54. The lowest BCUT2D eigenvalue weighted by Crippen LogP contribution is -2.08. The van der Waals surface area contributed by atoms with Crippen LogP contribution in [0.2, 0.25) is 0 Å². The van der Waals surface area contributed by atoms with Crippen molar-refractivity contribution in [2.24, 2.45) is 0 Å². The molecule has 2 saturated carbocycles. The summed E-state index contributed by atoms with van der Waals surface area (Å²) >= 11 is 3.50. The van der Waals surface area contributed by atoms with Crippen molar-refractivity contribution < 1.29 is 0 Å². The molecular weight excluding hydrogens is 340 g/mol. The van der Waals surface area contributed by atoms with Crippen LogP contribution in [0, 0.1) is 6.92 Å². The van der Waals surface area contributed by atoms with Gasteiger partial charge in [0.25, 0.3) is 0 Å². The topological polar surface area (TPSA) is 49.8 Å². The van der Waals surface area contributed by atoms with Crippen LogP contribution in [0.25, 0.3) is 0 Å². The number of anilines is 3. The number of aromatic nitrogens is 2. The smallest absolute Gasteiger partial charge is 0.225 e. The normalized spacial score (nSPS) is 17.4. The van der Waals surface area contributed by atoms with Gasteiger partial charge in [0.1, 0.15) is 5.82 Å². The molecule has 0 aliphatic heterocycles. The molecule has 4 nitrogen and oxygen atoms in total. The molecule has 1 heterocycles. The summed E-state index contributed by atoms with van der Waals surface area (Å²) in [6.45, 7) is 2.10. The Hall–Kier alpha value is -1.62. The van der Waals surface area contributed by atoms with E-state index in [1.165, 1.54) is 31.2 Å². The van der Waals surface area contributed by atoms with E-state index >= 15 is 0 Å². The van der Waals surface area contributed by atoms with Crippen molar-refractivity contribution in [3.8, 4) is 0 Å². The predicted molar refractivity (Wildman–Crippen MR) is 92.8 cm³/mol. The van der Waals surface area contributed by atoms with Gasteiger partial charge in [-0.25, -0.2) is 4.98 Å². The van der Waals surface area contributed by atoms with Gasteiger partial charge in [0.2, 0.25) is 5.95 Å². The Morgan fingerprint density at radius 1 is 1.09 bits per heavy atom. The van der Waals surface area contributed by atoms with Gasteiger partial charge in [-0.05, 0) is 56.4 Å². The molecule has 114 valence electrons. The first-order valence-electron chi connectivity index (χ1n) is 7.86. The number of nitrogens with zero attached hydrogens (tertiary/aromatic N) is 2. The highest BCUT2D eigenvalue weighted by Crippen LogP contribution is 2.40. The summed E-state index contributed by atoms with van der Waals surface area (Å²) in [5, 5.41) is 6.86. The van der Waals surface area contributed by atoms with Gasteiger partial charge in [-0.2, -0.15) is 4.98 Å². The summed E-state index contributed by atoms with van der Waals surface area (Å²) in [5.74, 6) is 2.27. The molecule has 0 radical (unpaired) electrons. The van der Waals surface area contributed by atoms with E-state index in [4.69, 9.17) is 0 Å². The van der Waals surface area contributed by atoms with E-state index in [0.29, 0.717) is 12.0 Å². The molecule has 5 heteroatoms. The number of benzene rings is 1. The second-order valence-corrected chi connectivity index (χ2v) is 7.19. The average Bonchev–Trinajstić information content (AvgIpc) is 3.35. The van der Waals surface area contributed by atoms with Crippen molar-refractivity contribution in [3.05, 3.63) is 40.0 Å². The van der Waals surface area contributed by atoms with E-state index in [0.717, 1.165) is 27.6 Å². The van der Waals surface area contributed by atoms with Crippen molar-refractivity contribution >= 4 is 33.4 Å². The molecule has 0 unspecified atom stereocenters. The van der Waals surface area contributed by atoms with E-state index in [1.54, 1.807) is 0 Å². The highest BCUT2D eigenvalue weighted by molar-refractivity contribution is 9.10. The fourth-order valence-electron chi connectivity index (χ4n) is 2.50. The van der Waals surface area contributed by atoms with Gasteiger partial charge in [0, 0.05) is 28.2 Å². The van der Waals surface area contributed by atoms with Crippen LogP contribution in [0.4, 0.5) is 17.5 Å². The molecule has 0 bridgehead atoms. The second-order valence-electron chi connectivity index (χ2n) is 6.28. The van der Waals surface area contributed by atoms with E-state index in [-0.39, 0.29) is 0 Å². The van der Waals surface area contributed by atoms with Gasteiger partial charge in [0.05, 0.1) is 5.69 Å². The Morgan fingerprint density at radius 3 is 2.59 bits per heavy atom. The first-order chi connectivity index (χ1) is 10.7. The average molecular weight is 359 g/mol. The summed E-state index contributed by atoms with van der Waals surface area (Å²) in [6, 6.07) is 8.89. The molecule has 0 saturated heterocycles. The molecule has 2 aliphatic carbocycles. The molecule has 2 N–H and O–H groups in total. The lowest BCUT2D eigenvalue weighted by atomic mass is 10.2. The van der Waals surface area contributed by atoms with Crippen molar-refractivity contribution in [1.82, 2.24) is 9.97 Å². The molecule has 2 aliphatic rings. The van der Waals surface area contributed by atoms with Crippen LogP contribution in [0.1, 0.15) is 42.9 Å². The Labute approximate surface area is 138 Å². The van der Waals surface area contributed by atoms with Crippen LogP contribution in [0.3, 0.4) is 0 Å². The van der Waals surface area contributed by atoms with Gasteiger partial charge >= 0.3 is 0 Å². The third-order valence-corrected chi connectivity index (χ3v) is 4.60. The lowest BCUT2D eigenvalue weighted by Gasteiger charge is -2.12. The van der Waals surface area contributed by atoms with E-state index in [9.17, 15) is 0 Å². The molecule has 4 rings (SSSR count).